The molecule has 3 heteroatoms. The van der Waals surface area contributed by atoms with Gasteiger partial charge in [0.05, 0.1) is 6.07 Å². The molecule has 0 aliphatic heterocycles. The van der Waals surface area contributed by atoms with Crippen LogP contribution in [0.3, 0.4) is 0 Å². The first-order valence-electron chi connectivity index (χ1n) is 6.25. The van der Waals surface area contributed by atoms with Gasteiger partial charge in [-0.3, -0.25) is 0 Å². The van der Waals surface area contributed by atoms with Crippen LogP contribution in [0.15, 0.2) is 23.8 Å². The van der Waals surface area contributed by atoms with Crippen molar-refractivity contribution < 1.29 is 4.43 Å². The van der Waals surface area contributed by atoms with Gasteiger partial charge in [-0.15, -0.1) is 0 Å². The average molecular weight is 249 g/mol. The van der Waals surface area contributed by atoms with Crippen LogP contribution in [0.1, 0.15) is 26.2 Å². The van der Waals surface area contributed by atoms with Crippen molar-refractivity contribution in [2.75, 3.05) is 0 Å². The Morgan fingerprint density at radius 1 is 1.59 bits per heavy atom. The Morgan fingerprint density at radius 3 is 2.59 bits per heavy atom. The van der Waals surface area contributed by atoms with Gasteiger partial charge < -0.3 is 4.43 Å². The van der Waals surface area contributed by atoms with E-state index in [1.807, 2.05) is 0 Å². The highest BCUT2D eigenvalue weighted by Gasteiger charge is 2.26. The number of allylic oxidation sites excluding steroid dienone is 2. The molecule has 1 aliphatic carbocycles. The minimum Gasteiger partial charge on any atom is -0.399 e. The van der Waals surface area contributed by atoms with Crippen LogP contribution in [0.25, 0.3) is 0 Å². The summed E-state index contributed by atoms with van der Waals surface area (Å²) in [7, 11) is -1.64. The van der Waals surface area contributed by atoms with Crippen LogP contribution >= 0.6 is 0 Å². The predicted molar refractivity (Wildman–Crippen MR) is 74.1 cm³/mol. The van der Waals surface area contributed by atoms with Gasteiger partial charge in [-0.05, 0) is 57.3 Å². The molecule has 0 saturated carbocycles. The van der Waals surface area contributed by atoms with Crippen molar-refractivity contribution in [2.45, 2.75) is 51.9 Å². The molecule has 94 valence electrons. The van der Waals surface area contributed by atoms with Gasteiger partial charge in [0.25, 0.3) is 0 Å². The minimum absolute atomic E-state index is 0.326. The molecule has 0 radical (unpaired) electrons. The van der Waals surface area contributed by atoms with Crippen molar-refractivity contribution in [3.05, 3.63) is 23.8 Å². The molecule has 2 atom stereocenters. The van der Waals surface area contributed by atoms with Crippen molar-refractivity contribution in [1.82, 2.24) is 0 Å². The molecule has 1 unspecified atom stereocenters. The first-order valence-corrected chi connectivity index (χ1v) is 9.66. The Labute approximate surface area is 106 Å². The van der Waals surface area contributed by atoms with E-state index in [0.29, 0.717) is 5.92 Å². The van der Waals surface area contributed by atoms with E-state index in [4.69, 9.17) is 4.43 Å². The molecule has 0 heterocycles. The lowest BCUT2D eigenvalue weighted by Gasteiger charge is -2.28. The third kappa shape index (κ3) is 4.49. The first kappa shape index (κ1) is 14.2. The highest BCUT2D eigenvalue weighted by Crippen LogP contribution is 2.31. The minimum atomic E-state index is -1.64. The summed E-state index contributed by atoms with van der Waals surface area (Å²) in [5.41, 5.74) is 2.42. The van der Waals surface area contributed by atoms with E-state index in [0.717, 1.165) is 19.3 Å². The van der Waals surface area contributed by atoms with E-state index in [2.05, 4.69) is 45.3 Å². The molecule has 0 spiro atoms. The summed E-state index contributed by atoms with van der Waals surface area (Å²) >= 11 is 0. The summed E-state index contributed by atoms with van der Waals surface area (Å²) in [5, 5.41) is 9.21. The summed E-state index contributed by atoms with van der Waals surface area (Å²) in [4.78, 5) is 0. The van der Waals surface area contributed by atoms with Gasteiger partial charge in [0, 0.05) is 0 Å². The molecular weight excluding hydrogens is 226 g/mol. The van der Waals surface area contributed by atoms with Gasteiger partial charge in [0.1, 0.15) is 0 Å². The van der Waals surface area contributed by atoms with E-state index in [9.17, 15) is 5.26 Å². The molecule has 0 aromatic heterocycles. The number of hydrogen-bond donors (Lipinski definition) is 0. The standard InChI is InChI=1S/C14H23NOSi/c1-11(2)12-6-8-13(9-7-12)14(10-15)16-17(3,4)5/h8,12,14H,1,6-7,9H2,2-5H3/t12-,14?/m1/s1. The number of rotatable bonds is 4. The molecule has 0 aromatic carbocycles. The zero-order valence-corrected chi connectivity index (χ0v) is 12.4. The van der Waals surface area contributed by atoms with E-state index in [1.165, 1.54) is 11.1 Å². The quantitative estimate of drug-likeness (QED) is 0.556. The van der Waals surface area contributed by atoms with E-state index in [1.54, 1.807) is 0 Å². The topological polar surface area (TPSA) is 33.0 Å². The summed E-state index contributed by atoms with van der Waals surface area (Å²) in [6, 6.07) is 2.29. The van der Waals surface area contributed by atoms with Gasteiger partial charge in [0.2, 0.25) is 0 Å². The van der Waals surface area contributed by atoms with E-state index < -0.39 is 8.32 Å². The van der Waals surface area contributed by atoms with Crippen LogP contribution in [0.4, 0.5) is 0 Å². The average Bonchev–Trinajstić information content (AvgIpc) is 2.25. The van der Waals surface area contributed by atoms with Crippen LogP contribution < -0.4 is 0 Å². The maximum absolute atomic E-state index is 9.21. The van der Waals surface area contributed by atoms with E-state index >= 15 is 0 Å². The van der Waals surface area contributed by atoms with Gasteiger partial charge in [-0.2, -0.15) is 5.26 Å². The molecule has 0 amide bonds. The molecule has 0 N–H and O–H groups in total. The Balaban J connectivity index is 2.67. The van der Waals surface area contributed by atoms with Crippen LogP contribution in [0.5, 0.6) is 0 Å². The molecule has 0 bridgehead atoms. The molecule has 1 rings (SSSR count). The van der Waals surface area contributed by atoms with Crippen molar-refractivity contribution in [1.29, 1.82) is 5.26 Å². The van der Waals surface area contributed by atoms with Crippen LogP contribution in [-0.2, 0) is 4.43 Å². The maximum Gasteiger partial charge on any atom is 0.185 e. The Morgan fingerprint density at radius 2 is 2.24 bits per heavy atom. The van der Waals surface area contributed by atoms with Crippen molar-refractivity contribution in [3.8, 4) is 6.07 Å². The van der Waals surface area contributed by atoms with Crippen molar-refractivity contribution in [2.24, 2.45) is 5.92 Å². The SMILES string of the molecule is C=C(C)[C@@H]1CC=C(C(C#N)O[Si](C)(C)C)CC1. The van der Waals surface area contributed by atoms with Gasteiger partial charge in [-0.1, -0.05) is 18.2 Å². The molecule has 0 fully saturated rings. The Bertz CT molecular complexity index is 359. The zero-order chi connectivity index (χ0) is 13.1. The Kier molecular flexibility index (Phi) is 4.73. The van der Waals surface area contributed by atoms with Crippen LogP contribution in [-0.4, -0.2) is 14.4 Å². The fraction of sp³-hybridized carbons (Fsp3) is 0.643. The predicted octanol–water partition coefficient (Wildman–Crippen LogP) is 4.03. The Hall–Kier alpha value is -0.853. The molecule has 2 nitrogen and oxygen atoms in total. The summed E-state index contributed by atoms with van der Waals surface area (Å²) in [6.07, 6.45) is 4.95. The molecule has 0 aromatic rings. The maximum atomic E-state index is 9.21. The smallest absolute Gasteiger partial charge is 0.185 e. The molecule has 17 heavy (non-hydrogen) atoms. The fourth-order valence-corrected chi connectivity index (χ4v) is 2.99. The number of nitrogens with zero attached hydrogens (tertiary/aromatic N) is 1. The highest BCUT2D eigenvalue weighted by molar-refractivity contribution is 6.69. The second-order valence-electron chi connectivity index (χ2n) is 5.84. The normalized spacial score (nSPS) is 22.5. The largest absolute Gasteiger partial charge is 0.399 e. The fourth-order valence-electron chi connectivity index (χ4n) is 2.08. The summed E-state index contributed by atoms with van der Waals surface area (Å²) < 4.78 is 5.91. The van der Waals surface area contributed by atoms with E-state index in [-0.39, 0.29) is 6.10 Å². The molecular formula is C14H23NOSi. The molecule has 1 aliphatic rings. The summed E-state index contributed by atoms with van der Waals surface area (Å²) in [6.45, 7) is 12.5. The second kappa shape index (κ2) is 5.66. The van der Waals surface area contributed by atoms with Gasteiger partial charge >= 0.3 is 0 Å². The number of hydrogen-bond acceptors (Lipinski definition) is 2. The third-order valence-electron chi connectivity index (χ3n) is 3.07. The first-order chi connectivity index (χ1) is 7.83. The van der Waals surface area contributed by atoms with Crippen LogP contribution in [0, 0.1) is 17.2 Å². The third-order valence-corrected chi connectivity index (χ3v) is 4.01. The molecule has 0 saturated heterocycles. The lowest BCUT2D eigenvalue weighted by molar-refractivity contribution is 0.273. The second-order valence-corrected chi connectivity index (χ2v) is 10.3. The lowest BCUT2D eigenvalue weighted by Crippen LogP contribution is -2.33. The van der Waals surface area contributed by atoms with Gasteiger partial charge in [0.15, 0.2) is 14.4 Å². The number of nitriles is 1. The van der Waals surface area contributed by atoms with Crippen LogP contribution in [0.2, 0.25) is 19.6 Å². The highest BCUT2D eigenvalue weighted by atomic mass is 28.4. The van der Waals surface area contributed by atoms with Gasteiger partial charge in [-0.25, -0.2) is 0 Å². The lowest BCUT2D eigenvalue weighted by atomic mass is 9.84. The van der Waals surface area contributed by atoms with Crippen molar-refractivity contribution in [3.63, 3.8) is 0 Å². The monoisotopic (exact) mass is 249 g/mol. The van der Waals surface area contributed by atoms with Crippen molar-refractivity contribution >= 4 is 8.32 Å². The zero-order valence-electron chi connectivity index (χ0n) is 11.4. The summed E-state index contributed by atoms with van der Waals surface area (Å²) in [5.74, 6) is 0.588.